The van der Waals surface area contributed by atoms with Gasteiger partial charge in [0.15, 0.2) is 0 Å². The maximum Gasteiger partial charge on any atom is 0.242 e. The Balaban J connectivity index is 2.17. The molecule has 0 aliphatic carbocycles. The molecule has 0 spiro atoms. The van der Waals surface area contributed by atoms with Crippen LogP contribution in [0.4, 0.5) is 0 Å². The van der Waals surface area contributed by atoms with E-state index in [0.29, 0.717) is 37.4 Å². The van der Waals surface area contributed by atoms with Crippen molar-refractivity contribution in [2.45, 2.75) is 65.5 Å². The number of amides is 2. The van der Waals surface area contributed by atoms with Crippen LogP contribution in [0.25, 0.3) is 0 Å². The number of hydrogen-bond donors (Lipinski definition) is 1. The summed E-state index contributed by atoms with van der Waals surface area (Å²) in [5, 5.41) is 3.59. The molecule has 30 heavy (non-hydrogen) atoms. The second-order valence-corrected chi connectivity index (χ2v) is 8.07. The van der Waals surface area contributed by atoms with Gasteiger partial charge >= 0.3 is 0 Å². The van der Waals surface area contributed by atoms with E-state index in [1.165, 1.54) is 5.56 Å². The number of hydrogen-bond acceptors (Lipinski definition) is 2. The summed E-state index contributed by atoms with van der Waals surface area (Å²) in [6.07, 6.45) is 3.49. The van der Waals surface area contributed by atoms with E-state index >= 15 is 0 Å². The summed E-state index contributed by atoms with van der Waals surface area (Å²) < 4.78 is 0. The maximum atomic E-state index is 13.2. The van der Waals surface area contributed by atoms with Crippen molar-refractivity contribution in [1.29, 1.82) is 0 Å². The van der Waals surface area contributed by atoms with Crippen LogP contribution < -0.4 is 5.32 Å². The fourth-order valence-corrected chi connectivity index (χ4v) is 3.58. The largest absolute Gasteiger partial charge is 0.354 e. The lowest BCUT2D eigenvalue weighted by Gasteiger charge is -2.31. The van der Waals surface area contributed by atoms with Crippen LogP contribution in [0.2, 0.25) is 5.02 Å². The van der Waals surface area contributed by atoms with E-state index in [9.17, 15) is 9.59 Å². The first-order valence-corrected chi connectivity index (χ1v) is 11.2. The molecule has 2 aromatic carbocycles. The quantitative estimate of drug-likeness (QED) is 0.493. The van der Waals surface area contributed by atoms with Gasteiger partial charge in [-0.2, -0.15) is 0 Å². The average Bonchev–Trinajstić information content (AvgIpc) is 2.74. The fraction of sp³-hybridized carbons (Fsp3) is 0.440. The zero-order valence-electron chi connectivity index (χ0n) is 18.3. The molecule has 0 fully saturated rings. The Labute approximate surface area is 185 Å². The molecule has 0 aliphatic rings. The van der Waals surface area contributed by atoms with Gasteiger partial charge in [-0.15, -0.1) is 0 Å². The van der Waals surface area contributed by atoms with Crippen LogP contribution in [0.3, 0.4) is 0 Å². The van der Waals surface area contributed by atoms with Crippen molar-refractivity contribution in [2.24, 2.45) is 0 Å². The van der Waals surface area contributed by atoms with E-state index in [4.69, 9.17) is 11.6 Å². The van der Waals surface area contributed by atoms with E-state index in [-0.39, 0.29) is 11.8 Å². The zero-order chi connectivity index (χ0) is 21.9. The van der Waals surface area contributed by atoms with Gasteiger partial charge in [-0.3, -0.25) is 9.59 Å². The number of nitrogens with zero attached hydrogens (tertiary/aromatic N) is 1. The lowest BCUT2D eigenvalue weighted by molar-refractivity contribution is -0.141. The molecule has 2 rings (SSSR count). The number of nitrogens with one attached hydrogen (secondary N) is 1. The average molecular weight is 429 g/mol. The van der Waals surface area contributed by atoms with Gasteiger partial charge in [0.05, 0.1) is 0 Å². The summed E-state index contributed by atoms with van der Waals surface area (Å²) in [5.41, 5.74) is 3.16. The molecule has 0 saturated carbocycles. The minimum atomic E-state index is -0.511. The maximum absolute atomic E-state index is 13.2. The van der Waals surface area contributed by atoms with Crippen LogP contribution in [0.15, 0.2) is 48.5 Å². The zero-order valence-corrected chi connectivity index (χ0v) is 19.0. The summed E-state index contributed by atoms with van der Waals surface area (Å²) in [5.74, 6) is -0.130. The summed E-state index contributed by atoms with van der Waals surface area (Å²) in [4.78, 5) is 27.8. The van der Waals surface area contributed by atoms with Gasteiger partial charge in [0, 0.05) is 24.5 Å². The molecule has 2 amide bonds. The third-order valence-corrected chi connectivity index (χ3v) is 5.63. The number of carbonyl (C=O) groups excluding carboxylic acids is 2. The Morgan fingerprint density at radius 2 is 1.77 bits per heavy atom. The van der Waals surface area contributed by atoms with Gasteiger partial charge in [0.25, 0.3) is 0 Å². The van der Waals surface area contributed by atoms with Gasteiger partial charge in [0.2, 0.25) is 11.8 Å². The van der Waals surface area contributed by atoms with Crippen LogP contribution >= 0.6 is 11.6 Å². The first-order chi connectivity index (χ1) is 14.5. The minimum absolute atomic E-state index is 0.0343. The molecule has 5 heteroatoms. The first-order valence-electron chi connectivity index (χ1n) is 10.8. The lowest BCUT2D eigenvalue weighted by Crippen LogP contribution is -2.49. The third kappa shape index (κ3) is 7.17. The molecule has 1 atom stereocenters. The number of halogens is 1. The lowest BCUT2D eigenvalue weighted by atomic mass is 10.0. The van der Waals surface area contributed by atoms with E-state index < -0.39 is 6.04 Å². The molecule has 162 valence electrons. The Bertz CT molecular complexity index is 820. The summed E-state index contributed by atoms with van der Waals surface area (Å²) in [6.45, 7) is 7.03. The van der Waals surface area contributed by atoms with Crippen molar-refractivity contribution in [3.63, 3.8) is 0 Å². The topological polar surface area (TPSA) is 49.4 Å². The smallest absolute Gasteiger partial charge is 0.242 e. The van der Waals surface area contributed by atoms with Crippen LogP contribution in [0, 0.1) is 6.92 Å². The van der Waals surface area contributed by atoms with Gasteiger partial charge in [-0.05, 0) is 43.4 Å². The normalized spacial score (nSPS) is 11.7. The molecule has 0 unspecified atom stereocenters. The summed E-state index contributed by atoms with van der Waals surface area (Å²) in [6, 6.07) is 15.2. The number of carbonyl (C=O) groups is 2. The van der Waals surface area contributed by atoms with Crippen LogP contribution in [0.1, 0.15) is 56.2 Å². The van der Waals surface area contributed by atoms with Gasteiger partial charge in [0.1, 0.15) is 6.04 Å². The van der Waals surface area contributed by atoms with Crippen LogP contribution in [-0.2, 0) is 22.6 Å². The van der Waals surface area contributed by atoms with E-state index in [0.717, 1.165) is 24.0 Å². The Morgan fingerprint density at radius 1 is 1.07 bits per heavy atom. The molecule has 4 nitrogen and oxygen atoms in total. The highest BCUT2D eigenvalue weighted by atomic mass is 35.5. The Kier molecular flexibility index (Phi) is 9.88. The van der Waals surface area contributed by atoms with Crippen molar-refractivity contribution in [3.05, 3.63) is 70.2 Å². The first kappa shape index (κ1) is 23.9. The van der Waals surface area contributed by atoms with Gasteiger partial charge in [-0.25, -0.2) is 0 Å². The van der Waals surface area contributed by atoms with Crippen molar-refractivity contribution < 1.29 is 9.59 Å². The molecule has 0 bridgehead atoms. The van der Waals surface area contributed by atoms with Gasteiger partial charge < -0.3 is 10.2 Å². The SMILES string of the molecule is CCCCNC(=O)[C@@H](CC)N(Cc1ccccc1Cl)C(=O)CCc1ccc(C)cc1. The second-order valence-electron chi connectivity index (χ2n) is 7.67. The highest BCUT2D eigenvalue weighted by Gasteiger charge is 2.28. The van der Waals surface area contributed by atoms with Crippen molar-refractivity contribution in [3.8, 4) is 0 Å². The molecule has 0 radical (unpaired) electrons. The van der Waals surface area contributed by atoms with Crippen LogP contribution in [-0.4, -0.2) is 29.3 Å². The predicted octanol–water partition coefficient (Wildman–Crippen LogP) is 5.30. The van der Waals surface area contributed by atoms with E-state index in [1.54, 1.807) is 4.90 Å². The summed E-state index contributed by atoms with van der Waals surface area (Å²) in [7, 11) is 0. The number of rotatable bonds is 11. The minimum Gasteiger partial charge on any atom is -0.354 e. The monoisotopic (exact) mass is 428 g/mol. The molecule has 1 N–H and O–H groups in total. The second kappa shape index (κ2) is 12.4. The number of unbranched alkanes of at least 4 members (excludes halogenated alkanes) is 1. The highest BCUT2D eigenvalue weighted by molar-refractivity contribution is 6.31. The Morgan fingerprint density at radius 3 is 2.40 bits per heavy atom. The molecule has 2 aromatic rings. The molecular formula is C25H33ClN2O2. The van der Waals surface area contributed by atoms with E-state index in [1.807, 2.05) is 38.1 Å². The van der Waals surface area contributed by atoms with E-state index in [2.05, 4.69) is 36.5 Å². The van der Waals surface area contributed by atoms with Crippen molar-refractivity contribution in [2.75, 3.05) is 6.54 Å². The van der Waals surface area contributed by atoms with Crippen molar-refractivity contribution >= 4 is 23.4 Å². The van der Waals surface area contributed by atoms with Crippen molar-refractivity contribution in [1.82, 2.24) is 10.2 Å². The summed E-state index contributed by atoms with van der Waals surface area (Å²) >= 11 is 6.35. The molecule has 0 saturated heterocycles. The molecule has 0 heterocycles. The molecule has 0 aromatic heterocycles. The molecule has 0 aliphatic heterocycles. The number of aryl methyl sites for hydroxylation is 2. The van der Waals surface area contributed by atoms with Crippen LogP contribution in [0.5, 0.6) is 0 Å². The highest BCUT2D eigenvalue weighted by Crippen LogP contribution is 2.21. The van der Waals surface area contributed by atoms with Gasteiger partial charge in [-0.1, -0.05) is 79.9 Å². The predicted molar refractivity (Wildman–Crippen MR) is 123 cm³/mol. The Hall–Kier alpha value is -2.33. The third-order valence-electron chi connectivity index (χ3n) is 5.26. The molecular weight excluding hydrogens is 396 g/mol. The fourth-order valence-electron chi connectivity index (χ4n) is 3.39. The standard InChI is InChI=1S/C25H33ClN2O2/c1-4-6-17-27-25(30)23(5-2)28(18-21-9-7-8-10-22(21)26)24(29)16-15-20-13-11-19(3)12-14-20/h7-14,23H,4-6,15-18H2,1-3H3,(H,27,30)/t23-/m1/s1. The number of benzene rings is 2.